The number of halogens is 1. The van der Waals surface area contributed by atoms with Crippen LogP contribution in [-0.2, 0) is 6.42 Å². The summed E-state index contributed by atoms with van der Waals surface area (Å²) in [5.74, 6) is 0. The molecule has 3 rings (SSSR count). The highest BCUT2D eigenvalue weighted by atomic mass is 35.5. The lowest BCUT2D eigenvalue weighted by Gasteiger charge is -2.12. The van der Waals surface area contributed by atoms with Gasteiger partial charge in [0.05, 0.1) is 21.2 Å². The van der Waals surface area contributed by atoms with Crippen molar-refractivity contribution in [3.8, 4) is 0 Å². The molecule has 23 heavy (non-hydrogen) atoms. The summed E-state index contributed by atoms with van der Waals surface area (Å²) >= 11 is 6.17. The highest BCUT2D eigenvalue weighted by Gasteiger charge is 2.19. The van der Waals surface area contributed by atoms with Crippen molar-refractivity contribution in [2.24, 2.45) is 0 Å². The number of nitro groups is 1. The van der Waals surface area contributed by atoms with Crippen LogP contribution in [0.3, 0.4) is 0 Å². The molecule has 0 fully saturated rings. The molecule has 1 heterocycles. The lowest BCUT2D eigenvalue weighted by atomic mass is 10.1. The fourth-order valence-electron chi connectivity index (χ4n) is 2.42. The molecule has 5 nitrogen and oxygen atoms in total. The maximum atomic E-state index is 11.4. The third-order valence-electron chi connectivity index (χ3n) is 3.65. The molecular formula is C17H14ClN3O2. The minimum absolute atomic E-state index is 0.0781. The SMILES string of the molecule is CCc1ccc2ncc([N+](=O)[O-])c(Nc3ccccc3Cl)c2c1. The molecule has 1 aromatic heterocycles. The van der Waals surface area contributed by atoms with E-state index in [-0.39, 0.29) is 5.69 Å². The maximum absolute atomic E-state index is 11.4. The molecule has 0 saturated carbocycles. The predicted octanol–water partition coefficient (Wildman–Crippen LogP) is 5.10. The number of aromatic nitrogens is 1. The van der Waals surface area contributed by atoms with Gasteiger partial charge in [-0.1, -0.05) is 36.7 Å². The fraction of sp³-hybridized carbons (Fsp3) is 0.118. The van der Waals surface area contributed by atoms with Gasteiger partial charge < -0.3 is 5.32 Å². The summed E-state index contributed by atoms with van der Waals surface area (Å²) in [6, 6.07) is 12.9. The Labute approximate surface area is 138 Å². The monoisotopic (exact) mass is 327 g/mol. The number of aryl methyl sites for hydroxylation is 1. The quantitative estimate of drug-likeness (QED) is 0.534. The number of para-hydroxylation sites is 1. The molecule has 0 atom stereocenters. The molecule has 6 heteroatoms. The number of hydrogen-bond donors (Lipinski definition) is 1. The molecule has 0 amide bonds. The van der Waals surface area contributed by atoms with E-state index in [1.807, 2.05) is 37.3 Å². The van der Waals surface area contributed by atoms with Crippen LogP contribution >= 0.6 is 11.6 Å². The molecule has 0 unspecified atom stereocenters. The number of hydrogen-bond acceptors (Lipinski definition) is 4. The first-order chi connectivity index (χ1) is 11.1. The third-order valence-corrected chi connectivity index (χ3v) is 3.98. The topological polar surface area (TPSA) is 68.1 Å². The number of pyridine rings is 1. The van der Waals surface area contributed by atoms with E-state index in [0.717, 1.165) is 12.0 Å². The molecular weight excluding hydrogens is 314 g/mol. The number of nitrogens with one attached hydrogen (secondary N) is 1. The Bertz CT molecular complexity index is 896. The van der Waals surface area contributed by atoms with Gasteiger partial charge in [-0.3, -0.25) is 10.1 Å². The van der Waals surface area contributed by atoms with Crippen LogP contribution in [0.15, 0.2) is 48.7 Å². The summed E-state index contributed by atoms with van der Waals surface area (Å²) in [6.45, 7) is 2.03. The van der Waals surface area contributed by atoms with Gasteiger partial charge >= 0.3 is 5.69 Å². The second kappa shape index (κ2) is 6.22. The van der Waals surface area contributed by atoms with Crippen molar-refractivity contribution in [3.63, 3.8) is 0 Å². The summed E-state index contributed by atoms with van der Waals surface area (Å²) < 4.78 is 0. The zero-order valence-electron chi connectivity index (χ0n) is 12.4. The largest absolute Gasteiger partial charge is 0.348 e. The van der Waals surface area contributed by atoms with Crippen molar-refractivity contribution in [3.05, 3.63) is 69.4 Å². The van der Waals surface area contributed by atoms with E-state index in [1.54, 1.807) is 12.1 Å². The van der Waals surface area contributed by atoms with Gasteiger partial charge in [0.2, 0.25) is 0 Å². The Morgan fingerprint density at radius 1 is 1.26 bits per heavy atom. The Morgan fingerprint density at radius 3 is 2.74 bits per heavy atom. The highest BCUT2D eigenvalue weighted by Crippen LogP contribution is 2.36. The van der Waals surface area contributed by atoms with Crippen LogP contribution in [0, 0.1) is 10.1 Å². The fourth-order valence-corrected chi connectivity index (χ4v) is 2.60. The molecule has 3 aromatic rings. The summed E-state index contributed by atoms with van der Waals surface area (Å²) in [5, 5.41) is 15.7. The smallest absolute Gasteiger partial charge is 0.311 e. The minimum Gasteiger partial charge on any atom is -0.348 e. The van der Waals surface area contributed by atoms with Crippen LogP contribution < -0.4 is 5.32 Å². The van der Waals surface area contributed by atoms with Crippen LogP contribution in [0.1, 0.15) is 12.5 Å². The van der Waals surface area contributed by atoms with E-state index in [0.29, 0.717) is 27.3 Å². The molecule has 116 valence electrons. The molecule has 0 aliphatic rings. The highest BCUT2D eigenvalue weighted by molar-refractivity contribution is 6.33. The van der Waals surface area contributed by atoms with Gasteiger partial charge in [-0.25, -0.2) is 4.98 Å². The molecule has 0 radical (unpaired) electrons. The summed E-state index contributed by atoms with van der Waals surface area (Å²) in [6.07, 6.45) is 2.11. The van der Waals surface area contributed by atoms with Gasteiger partial charge in [0.25, 0.3) is 0 Å². The Balaban J connectivity index is 2.24. The van der Waals surface area contributed by atoms with E-state index in [4.69, 9.17) is 11.6 Å². The first kappa shape index (κ1) is 15.2. The first-order valence-corrected chi connectivity index (χ1v) is 7.55. The van der Waals surface area contributed by atoms with E-state index in [2.05, 4.69) is 10.3 Å². The normalized spacial score (nSPS) is 10.7. The van der Waals surface area contributed by atoms with Gasteiger partial charge in [-0.2, -0.15) is 0 Å². The average Bonchev–Trinajstić information content (AvgIpc) is 2.56. The molecule has 0 bridgehead atoms. The lowest BCUT2D eigenvalue weighted by Crippen LogP contribution is -2.00. The van der Waals surface area contributed by atoms with Crippen LogP contribution in [-0.4, -0.2) is 9.91 Å². The third kappa shape index (κ3) is 2.96. The predicted molar refractivity (Wildman–Crippen MR) is 92.5 cm³/mol. The maximum Gasteiger partial charge on any atom is 0.311 e. The molecule has 1 N–H and O–H groups in total. The minimum atomic E-state index is -0.440. The number of fused-ring (bicyclic) bond motifs is 1. The first-order valence-electron chi connectivity index (χ1n) is 7.17. The van der Waals surface area contributed by atoms with Gasteiger partial charge in [0.1, 0.15) is 11.9 Å². The van der Waals surface area contributed by atoms with Crippen LogP contribution in [0.5, 0.6) is 0 Å². The van der Waals surface area contributed by atoms with Crippen molar-refractivity contribution < 1.29 is 4.92 Å². The standard InChI is InChI=1S/C17H14ClN3O2/c1-2-11-7-8-14-12(9-11)17(16(10-19-14)21(22)23)20-15-6-4-3-5-13(15)18/h3-10H,2H2,1H3,(H,19,20). The van der Waals surface area contributed by atoms with Gasteiger partial charge in [-0.15, -0.1) is 0 Å². The lowest BCUT2D eigenvalue weighted by molar-refractivity contribution is -0.384. The zero-order valence-corrected chi connectivity index (χ0v) is 13.2. The van der Waals surface area contributed by atoms with E-state index in [9.17, 15) is 10.1 Å². The number of rotatable bonds is 4. The second-order valence-corrected chi connectivity index (χ2v) is 5.49. The van der Waals surface area contributed by atoms with Crippen molar-refractivity contribution in [1.29, 1.82) is 0 Å². The number of benzene rings is 2. The molecule has 0 spiro atoms. The van der Waals surface area contributed by atoms with Crippen LogP contribution in [0.4, 0.5) is 17.1 Å². The summed E-state index contributed by atoms with van der Waals surface area (Å²) in [5.41, 5.74) is 2.73. The second-order valence-electron chi connectivity index (χ2n) is 5.09. The van der Waals surface area contributed by atoms with Crippen LogP contribution in [0.25, 0.3) is 10.9 Å². The summed E-state index contributed by atoms with van der Waals surface area (Å²) in [4.78, 5) is 15.1. The molecule has 0 aliphatic heterocycles. The number of nitrogens with zero attached hydrogens (tertiary/aromatic N) is 2. The van der Waals surface area contributed by atoms with Gasteiger partial charge in [-0.05, 0) is 36.2 Å². The molecule has 0 saturated heterocycles. The average molecular weight is 328 g/mol. The van der Waals surface area contributed by atoms with Crippen molar-refractivity contribution in [2.45, 2.75) is 13.3 Å². The van der Waals surface area contributed by atoms with Crippen molar-refractivity contribution in [2.75, 3.05) is 5.32 Å². The summed E-state index contributed by atoms with van der Waals surface area (Å²) in [7, 11) is 0. The Hall–Kier alpha value is -2.66. The molecule has 0 aliphatic carbocycles. The van der Waals surface area contributed by atoms with Crippen molar-refractivity contribution >= 4 is 39.6 Å². The van der Waals surface area contributed by atoms with E-state index in [1.165, 1.54) is 6.20 Å². The van der Waals surface area contributed by atoms with E-state index >= 15 is 0 Å². The van der Waals surface area contributed by atoms with E-state index < -0.39 is 4.92 Å². The zero-order chi connectivity index (χ0) is 16.4. The Morgan fingerprint density at radius 2 is 2.04 bits per heavy atom. The molecule has 2 aromatic carbocycles. The Kier molecular flexibility index (Phi) is 4.12. The van der Waals surface area contributed by atoms with Gasteiger partial charge in [0, 0.05) is 5.39 Å². The van der Waals surface area contributed by atoms with Crippen molar-refractivity contribution in [1.82, 2.24) is 4.98 Å². The van der Waals surface area contributed by atoms with Gasteiger partial charge in [0.15, 0.2) is 0 Å². The number of anilines is 2. The van der Waals surface area contributed by atoms with Crippen LogP contribution in [0.2, 0.25) is 5.02 Å².